The standard InChI is InChI=1S/C11H15ClFN/c1-4-11(3,14)9-8(13)6-5-7(2)10(9)12/h5-6H,4,14H2,1-3H3. The van der Waals surface area contributed by atoms with Crippen molar-refractivity contribution in [2.75, 3.05) is 0 Å². The first-order chi connectivity index (χ1) is 6.40. The van der Waals surface area contributed by atoms with Crippen molar-refractivity contribution in [3.63, 3.8) is 0 Å². The van der Waals surface area contributed by atoms with Gasteiger partial charge in [0.05, 0.1) is 5.02 Å². The second-order valence-corrected chi connectivity index (χ2v) is 4.20. The number of aryl methyl sites for hydroxylation is 1. The Morgan fingerprint density at radius 3 is 2.57 bits per heavy atom. The fraction of sp³-hybridized carbons (Fsp3) is 0.455. The van der Waals surface area contributed by atoms with Gasteiger partial charge in [-0.25, -0.2) is 4.39 Å². The third-order valence-corrected chi connectivity index (χ3v) is 3.08. The van der Waals surface area contributed by atoms with Crippen LogP contribution in [0.5, 0.6) is 0 Å². The molecule has 0 aliphatic heterocycles. The fourth-order valence-corrected chi connectivity index (χ4v) is 1.73. The van der Waals surface area contributed by atoms with Crippen molar-refractivity contribution in [2.45, 2.75) is 32.7 Å². The van der Waals surface area contributed by atoms with E-state index in [9.17, 15) is 4.39 Å². The second-order valence-electron chi connectivity index (χ2n) is 3.82. The van der Waals surface area contributed by atoms with E-state index in [1.807, 2.05) is 13.8 Å². The molecule has 0 spiro atoms. The maximum atomic E-state index is 13.5. The maximum Gasteiger partial charge on any atom is 0.129 e. The molecule has 3 heteroatoms. The van der Waals surface area contributed by atoms with Crippen LogP contribution in [0, 0.1) is 12.7 Å². The SMILES string of the molecule is CCC(C)(N)c1c(F)ccc(C)c1Cl. The number of halogens is 2. The predicted molar refractivity (Wildman–Crippen MR) is 58.0 cm³/mol. The Labute approximate surface area is 89.1 Å². The van der Waals surface area contributed by atoms with Gasteiger partial charge in [0.25, 0.3) is 0 Å². The largest absolute Gasteiger partial charge is 0.321 e. The molecule has 1 atom stereocenters. The summed E-state index contributed by atoms with van der Waals surface area (Å²) < 4.78 is 13.5. The molecular formula is C11H15ClFN. The van der Waals surface area contributed by atoms with E-state index in [-0.39, 0.29) is 5.82 Å². The lowest BCUT2D eigenvalue weighted by atomic mass is 9.89. The Bertz CT molecular complexity index is 347. The minimum atomic E-state index is -0.701. The summed E-state index contributed by atoms with van der Waals surface area (Å²) in [6.07, 6.45) is 0.646. The number of nitrogens with two attached hydrogens (primary N) is 1. The average Bonchev–Trinajstić information content (AvgIpc) is 2.12. The smallest absolute Gasteiger partial charge is 0.129 e. The summed E-state index contributed by atoms with van der Waals surface area (Å²) in [5.74, 6) is -0.326. The Morgan fingerprint density at radius 1 is 1.50 bits per heavy atom. The van der Waals surface area contributed by atoms with Crippen molar-refractivity contribution in [1.82, 2.24) is 0 Å². The third kappa shape index (κ3) is 1.91. The van der Waals surface area contributed by atoms with E-state index >= 15 is 0 Å². The molecule has 1 rings (SSSR count). The summed E-state index contributed by atoms with van der Waals surface area (Å²) in [7, 11) is 0. The van der Waals surface area contributed by atoms with E-state index in [2.05, 4.69) is 0 Å². The highest BCUT2D eigenvalue weighted by Crippen LogP contribution is 2.32. The van der Waals surface area contributed by atoms with Crippen LogP contribution >= 0.6 is 11.6 Å². The van der Waals surface area contributed by atoms with Crippen molar-refractivity contribution >= 4 is 11.6 Å². The number of rotatable bonds is 2. The predicted octanol–water partition coefficient (Wildman–Crippen LogP) is 3.37. The van der Waals surface area contributed by atoms with Gasteiger partial charge in [0, 0.05) is 11.1 Å². The van der Waals surface area contributed by atoms with E-state index < -0.39 is 5.54 Å². The molecule has 0 bridgehead atoms. The van der Waals surface area contributed by atoms with Crippen molar-refractivity contribution in [2.24, 2.45) is 5.73 Å². The van der Waals surface area contributed by atoms with Gasteiger partial charge in [0.2, 0.25) is 0 Å². The van der Waals surface area contributed by atoms with Crippen molar-refractivity contribution < 1.29 is 4.39 Å². The van der Waals surface area contributed by atoms with E-state index in [0.717, 1.165) is 5.56 Å². The summed E-state index contributed by atoms with van der Waals surface area (Å²) >= 11 is 6.04. The van der Waals surface area contributed by atoms with Gasteiger partial charge in [0.15, 0.2) is 0 Å². The lowest BCUT2D eigenvalue weighted by Crippen LogP contribution is -2.33. The molecule has 1 aromatic rings. The topological polar surface area (TPSA) is 26.0 Å². The van der Waals surface area contributed by atoms with Gasteiger partial charge < -0.3 is 5.73 Å². The van der Waals surface area contributed by atoms with Crippen LogP contribution in [0.4, 0.5) is 4.39 Å². The maximum absolute atomic E-state index is 13.5. The summed E-state index contributed by atoms with van der Waals surface area (Å²) in [6.45, 7) is 5.55. The molecule has 0 aromatic heterocycles. The van der Waals surface area contributed by atoms with Crippen molar-refractivity contribution in [1.29, 1.82) is 0 Å². The Kier molecular flexibility index (Phi) is 3.17. The molecule has 1 nitrogen and oxygen atoms in total. The summed E-state index contributed by atoms with van der Waals surface area (Å²) in [6, 6.07) is 3.07. The summed E-state index contributed by atoms with van der Waals surface area (Å²) in [4.78, 5) is 0. The van der Waals surface area contributed by atoms with Crippen LogP contribution in [0.15, 0.2) is 12.1 Å². The molecule has 0 aliphatic carbocycles. The zero-order valence-corrected chi connectivity index (χ0v) is 9.45. The van der Waals surface area contributed by atoms with Gasteiger partial charge in [-0.2, -0.15) is 0 Å². The second kappa shape index (κ2) is 3.87. The lowest BCUT2D eigenvalue weighted by molar-refractivity contribution is 0.445. The first-order valence-electron chi connectivity index (χ1n) is 4.64. The van der Waals surface area contributed by atoms with Crippen LogP contribution in [-0.2, 0) is 5.54 Å². The van der Waals surface area contributed by atoms with E-state index in [1.54, 1.807) is 13.0 Å². The normalized spacial score (nSPS) is 15.3. The van der Waals surface area contributed by atoms with Gasteiger partial charge in [-0.1, -0.05) is 24.6 Å². The van der Waals surface area contributed by atoms with Crippen LogP contribution in [-0.4, -0.2) is 0 Å². The fourth-order valence-electron chi connectivity index (χ4n) is 1.36. The number of benzene rings is 1. The number of hydrogen-bond donors (Lipinski definition) is 1. The molecule has 0 heterocycles. The molecule has 14 heavy (non-hydrogen) atoms. The van der Waals surface area contributed by atoms with Gasteiger partial charge in [-0.15, -0.1) is 0 Å². The Morgan fingerprint density at radius 2 is 2.07 bits per heavy atom. The first-order valence-corrected chi connectivity index (χ1v) is 5.02. The molecule has 0 saturated carbocycles. The molecule has 0 radical (unpaired) electrons. The average molecular weight is 216 g/mol. The van der Waals surface area contributed by atoms with Crippen LogP contribution in [0.2, 0.25) is 5.02 Å². The van der Waals surface area contributed by atoms with Gasteiger partial charge in [-0.3, -0.25) is 0 Å². The molecule has 2 N–H and O–H groups in total. The van der Waals surface area contributed by atoms with Crippen LogP contribution in [0.25, 0.3) is 0 Å². The van der Waals surface area contributed by atoms with Gasteiger partial charge in [-0.05, 0) is 31.9 Å². The van der Waals surface area contributed by atoms with Crippen molar-refractivity contribution in [3.05, 3.63) is 34.1 Å². The summed E-state index contributed by atoms with van der Waals surface area (Å²) in [5, 5.41) is 0.442. The van der Waals surface area contributed by atoms with Crippen molar-refractivity contribution in [3.8, 4) is 0 Å². The lowest BCUT2D eigenvalue weighted by Gasteiger charge is -2.25. The summed E-state index contributed by atoms with van der Waals surface area (Å²) in [5.41, 5.74) is 6.56. The first kappa shape index (κ1) is 11.5. The van der Waals surface area contributed by atoms with E-state index in [1.165, 1.54) is 6.07 Å². The molecule has 0 aliphatic rings. The molecule has 0 amide bonds. The molecule has 1 aromatic carbocycles. The molecular weight excluding hydrogens is 201 g/mol. The molecule has 0 fully saturated rings. The van der Waals surface area contributed by atoms with E-state index in [4.69, 9.17) is 17.3 Å². The highest BCUT2D eigenvalue weighted by molar-refractivity contribution is 6.32. The van der Waals surface area contributed by atoms with Gasteiger partial charge >= 0.3 is 0 Å². The highest BCUT2D eigenvalue weighted by Gasteiger charge is 2.26. The molecule has 78 valence electrons. The minimum absolute atomic E-state index is 0.326. The zero-order valence-electron chi connectivity index (χ0n) is 8.70. The zero-order chi connectivity index (χ0) is 10.9. The van der Waals surface area contributed by atoms with Crippen LogP contribution in [0.1, 0.15) is 31.4 Å². The Hall–Kier alpha value is -0.600. The van der Waals surface area contributed by atoms with E-state index in [0.29, 0.717) is 17.0 Å². The minimum Gasteiger partial charge on any atom is -0.321 e. The Balaban J connectivity index is 3.40. The molecule has 0 saturated heterocycles. The molecule has 1 unspecified atom stereocenters. The van der Waals surface area contributed by atoms with Gasteiger partial charge in [0.1, 0.15) is 5.82 Å². The third-order valence-electron chi connectivity index (χ3n) is 2.59. The van der Waals surface area contributed by atoms with Crippen LogP contribution in [0.3, 0.4) is 0 Å². The van der Waals surface area contributed by atoms with Crippen LogP contribution < -0.4 is 5.73 Å². The quantitative estimate of drug-likeness (QED) is 0.804. The monoisotopic (exact) mass is 215 g/mol. The number of hydrogen-bond acceptors (Lipinski definition) is 1. The highest BCUT2D eigenvalue weighted by atomic mass is 35.5.